The van der Waals surface area contributed by atoms with Gasteiger partial charge in [0.25, 0.3) is 0 Å². The number of carbonyl (C=O) groups is 1. The Kier molecular flexibility index (Phi) is 3.25. The van der Waals surface area contributed by atoms with E-state index in [0.29, 0.717) is 17.7 Å². The van der Waals surface area contributed by atoms with E-state index in [2.05, 4.69) is 22.5 Å². The molecule has 0 heterocycles. The van der Waals surface area contributed by atoms with Crippen LogP contribution in [-0.4, -0.2) is 5.78 Å². The zero-order valence-electron chi connectivity index (χ0n) is 7.09. The number of carbonyl (C=O) groups excluding carboxylic acids is 1. The Morgan fingerprint density at radius 1 is 1.62 bits per heavy atom. The van der Waals surface area contributed by atoms with Crippen molar-refractivity contribution in [1.82, 2.24) is 0 Å². The molecule has 0 bridgehead atoms. The van der Waals surface area contributed by atoms with Crippen molar-refractivity contribution in [3.8, 4) is 0 Å². The minimum atomic E-state index is 0.0516. The fraction of sp³-hybridized carbons (Fsp3) is 0.100. The van der Waals surface area contributed by atoms with Crippen molar-refractivity contribution in [2.75, 3.05) is 5.73 Å². The first kappa shape index (κ1) is 9.99. The molecule has 1 aromatic rings. The summed E-state index contributed by atoms with van der Waals surface area (Å²) in [5, 5.41) is 0. The van der Waals surface area contributed by atoms with E-state index >= 15 is 0 Å². The van der Waals surface area contributed by atoms with Crippen molar-refractivity contribution in [1.29, 1.82) is 0 Å². The number of ketones is 1. The summed E-state index contributed by atoms with van der Waals surface area (Å²) < 4.78 is 0.752. The summed E-state index contributed by atoms with van der Waals surface area (Å²) in [6.45, 7) is 3.51. The molecule has 0 aromatic heterocycles. The van der Waals surface area contributed by atoms with Crippen LogP contribution in [0, 0.1) is 0 Å². The molecule has 0 fully saturated rings. The maximum atomic E-state index is 11.4. The molecule has 13 heavy (non-hydrogen) atoms. The topological polar surface area (TPSA) is 43.1 Å². The quantitative estimate of drug-likeness (QED) is 0.501. The Bertz CT molecular complexity index is 347. The van der Waals surface area contributed by atoms with Crippen LogP contribution in [0.25, 0.3) is 0 Å². The summed E-state index contributed by atoms with van der Waals surface area (Å²) in [6.07, 6.45) is 1.95. The van der Waals surface area contributed by atoms with Crippen LogP contribution < -0.4 is 5.73 Å². The van der Waals surface area contributed by atoms with E-state index in [9.17, 15) is 4.79 Å². The standard InChI is InChI=1S/C10H10BrNO/c1-2-3-10(13)7-4-5-9(12)8(11)6-7/h2,4-6H,1,3,12H2. The number of anilines is 1. The fourth-order valence-electron chi connectivity index (χ4n) is 0.950. The van der Waals surface area contributed by atoms with Gasteiger partial charge in [0.1, 0.15) is 0 Å². The van der Waals surface area contributed by atoms with Crippen molar-refractivity contribution in [2.24, 2.45) is 0 Å². The second-order valence-electron chi connectivity index (χ2n) is 2.65. The number of rotatable bonds is 3. The average Bonchev–Trinajstić information content (AvgIpc) is 2.10. The van der Waals surface area contributed by atoms with Crippen molar-refractivity contribution >= 4 is 27.4 Å². The zero-order valence-corrected chi connectivity index (χ0v) is 8.67. The lowest BCUT2D eigenvalue weighted by atomic mass is 10.1. The van der Waals surface area contributed by atoms with Crippen LogP contribution in [0.4, 0.5) is 5.69 Å². The first-order chi connectivity index (χ1) is 6.15. The third kappa shape index (κ3) is 2.42. The summed E-state index contributed by atoms with van der Waals surface area (Å²) in [7, 11) is 0. The molecule has 0 amide bonds. The summed E-state index contributed by atoms with van der Waals surface area (Å²) in [5.41, 5.74) is 6.87. The van der Waals surface area contributed by atoms with E-state index in [0.717, 1.165) is 4.47 Å². The largest absolute Gasteiger partial charge is 0.398 e. The van der Waals surface area contributed by atoms with E-state index in [1.807, 2.05) is 0 Å². The summed E-state index contributed by atoms with van der Waals surface area (Å²) >= 11 is 3.26. The number of hydrogen-bond acceptors (Lipinski definition) is 2. The predicted octanol–water partition coefficient (Wildman–Crippen LogP) is 2.79. The normalized spacial score (nSPS) is 9.62. The lowest BCUT2D eigenvalue weighted by Crippen LogP contribution is -1.98. The van der Waals surface area contributed by atoms with Crippen LogP contribution in [0.5, 0.6) is 0 Å². The Morgan fingerprint density at radius 3 is 2.85 bits per heavy atom. The summed E-state index contributed by atoms with van der Waals surface area (Å²) in [5.74, 6) is 0.0516. The second-order valence-corrected chi connectivity index (χ2v) is 3.51. The predicted molar refractivity (Wildman–Crippen MR) is 57.7 cm³/mol. The molecule has 0 saturated heterocycles. The highest BCUT2D eigenvalue weighted by molar-refractivity contribution is 9.10. The maximum Gasteiger partial charge on any atom is 0.166 e. The highest BCUT2D eigenvalue weighted by Crippen LogP contribution is 2.21. The number of Topliss-reactive ketones (excluding diaryl/α,β-unsaturated/α-hetero) is 1. The second kappa shape index (κ2) is 4.23. The number of nitrogen functional groups attached to an aromatic ring is 1. The number of hydrogen-bond donors (Lipinski definition) is 1. The van der Waals surface area contributed by atoms with Gasteiger partial charge in [-0.2, -0.15) is 0 Å². The van der Waals surface area contributed by atoms with Gasteiger partial charge in [-0.25, -0.2) is 0 Å². The molecule has 0 aliphatic rings. The van der Waals surface area contributed by atoms with Crippen LogP contribution in [0.3, 0.4) is 0 Å². The van der Waals surface area contributed by atoms with Crippen LogP contribution in [-0.2, 0) is 0 Å². The summed E-state index contributed by atoms with van der Waals surface area (Å²) in [6, 6.07) is 5.15. The van der Waals surface area contributed by atoms with Gasteiger partial charge in [0.05, 0.1) is 0 Å². The van der Waals surface area contributed by atoms with E-state index in [4.69, 9.17) is 5.73 Å². The molecule has 2 nitrogen and oxygen atoms in total. The molecule has 1 rings (SSSR count). The SMILES string of the molecule is C=CCC(=O)c1ccc(N)c(Br)c1. The first-order valence-electron chi connectivity index (χ1n) is 3.84. The van der Waals surface area contributed by atoms with Crippen molar-refractivity contribution in [3.63, 3.8) is 0 Å². The molecule has 0 aliphatic heterocycles. The molecular formula is C10H10BrNO. The van der Waals surface area contributed by atoms with Gasteiger partial charge in [-0.05, 0) is 34.1 Å². The van der Waals surface area contributed by atoms with Gasteiger partial charge in [0, 0.05) is 22.1 Å². The number of halogens is 1. The van der Waals surface area contributed by atoms with Gasteiger partial charge in [-0.3, -0.25) is 4.79 Å². The van der Waals surface area contributed by atoms with E-state index in [1.165, 1.54) is 0 Å². The van der Waals surface area contributed by atoms with Crippen LogP contribution in [0.1, 0.15) is 16.8 Å². The molecule has 0 unspecified atom stereocenters. The fourth-order valence-corrected chi connectivity index (χ4v) is 1.33. The minimum Gasteiger partial charge on any atom is -0.398 e. The molecule has 0 radical (unpaired) electrons. The molecule has 68 valence electrons. The third-order valence-electron chi connectivity index (χ3n) is 1.65. The molecule has 1 aromatic carbocycles. The Hall–Kier alpha value is -1.09. The maximum absolute atomic E-state index is 11.4. The van der Waals surface area contributed by atoms with Gasteiger partial charge < -0.3 is 5.73 Å². The van der Waals surface area contributed by atoms with Gasteiger partial charge in [-0.1, -0.05) is 6.08 Å². The zero-order chi connectivity index (χ0) is 9.84. The van der Waals surface area contributed by atoms with Crippen molar-refractivity contribution < 1.29 is 4.79 Å². The molecule has 0 spiro atoms. The van der Waals surface area contributed by atoms with Crippen molar-refractivity contribution in [2.45, 2.75) is 6.42 Å². The molecular weight excluding hydrogens is 230 g/mol. The Morgan fingerprint density at radius 2 is 2.31 bits per heavy atom. The van der Waals surface area contributed by atoms with E-state index < -0.39 is 0 Å². The lowest BCUT2D eigenvalue weighted by molar-refractivity contribution is 0.0996. The van der Waals surface area contributed by atoms with Gasteiger partial charge in [0.15, 0.2) is 5.78 Å². The van der Waals surface area contributed by atoms with E-state index in [-0.39, 0.29) is 5.78 Å². The van der Waals surface area contributed by atoms with Gasteiger partial charge >= 0.3 is 0 Å². The Balaban J connectivity index is 2.96. The molecule has 2 N–H and O–H groups in total. The molecule has 0 saturated carbocycles. The van der Waals surface area contributed by atoms with Gasteiger partial charge in [0.2, 0.25) is 0 Å². The Labute approximate surface area is 85.6 Å². The molecule has 3 heteroatoms. The number of nitrogens with two attached hydrogens (primary N) is 1. The van der Waals surface area contributed by atoms with Gasteiger partial charge in [-0.15, -0.1) is 6.58 Å². The van der Waals surface area contributed by atoms with E-state index in [1.54, 1.807) is 24.3 Å². The molecule has 0 atom stereocenters. The lowest BCUT2D eigenvalue weighted by Gasteiger charge is -2.01. The minimum absolute atomic E-state index is 0.0516. The van der Waals surface area contributed by atoms with Crippen LogP contribution >= 0.6 is 15.9 Å². The number of allylic oxidation sites excluding steroid dienone is 1. The highest BCUT2D eigenvalue weighted by Gasteiger charge is 2.04. The smallest absolute Gasteiger partial charge is 0.166 e. The highest BCUT2D eigenvalue weighted by atomic mass is 79.9. The third-order valence-corrected chi connectivity index (χ3v) is 2.34. The summed E-state index contributed by atoms with van der Waals surface area (Å²) in [4.78, 5) is 11.4. The molecule has 0 aliphatic carbocycles. The monoisotopic (exact) mass is 239 g/mol. The first-order valence-corrected chi connectivity index (χ1v) is 4.63. The number of benzene rings is 1. The van der Waals surface area contributed by atoms with Crippen LogP contribution in [0.2, 0.25) is 0 Å². The average molecular weight is 240 g/mol. The van der Waals surface area contributed by atoms with Crippen LogP contribution in [0.15, 0.2) is 35.3 Å². The van der Waals surface area contributed by atoms with Crippen molar-refractivity contribution in [3.05, 3.63) is 40.9 Å².